The molecule has 2 heterocycles. The third kappa shape index (κ3) is 3.75. The number of furan rings is 1. The Morgan fingerprint density at radius 1 is 1.46 bits per heavy atom. The zero-order valence-corrected chi connectivity index (χ0v) is 13.3. The van der Waals surface area contributed by atoms with Gasteiger partial charge < -0.3 is 9.73 Å². The summed E-state index contributed by atoms with van der Waals surface area (Å²) in [7, 11) is 0. The van der Waals surface area contributed by atoms with Gasteiger partial charge in [-0.05, 0) is 25.0 Å². The van der Waals surface area contributed by atoms with Crippen molar-refractivity contribution in [1.82, 2.24) is 15.1 Å². The molecule has 1 fully saturated rings. The first-order valence-corrected chi connectivity index (χ1v) is 7.86. The van der Waals surface area contributed by atoms with Gasteiger partial charge in [0, 0.05) is 12.3 Å². The van der Waals surface area contributed by atoms with Crippen LogP contribution in [0.2, 0.25) is 5.02 Å². The van der Waals surface area contributed by atoms with E-state index in [0.29, 0.717) is 11.5 Å². The average Bonchev–Trinajstić information content (AvgIpc) is 3.08. The molecule has 2 aromatic heterocycles. The minimum absolute atomic E-state index is 0.00715. The number of rotatable bonds is 6. The van der Waals surface area contributed by atoms with Crippen LogP contribution in [0.15, 0.2) is 22.8 Å². The van der Waals surface area contributed by atoms with Crippen molar-refractivity contribution in [2.24, 2.45) is 0 Å². The molecule has 1 amide bonds. The summed E-state index contributed by atoms with van der Waals surface area (Å²) in [6, 6.07) is 3.42. The molecule has 24 heavy (non-hydrogen) atoms. The third-order valence-electron chi connectivity index (χ3n) is 3.75. The molecule has 1 saturated carbocycles. The van der Waals surface area contributed by atoms with Crippen molar-refractivity contribution in [1.29, 1.82) is 0 Å². The second-order valence-electron chi connectivity index (χ2n) is 5.65. The van der Waals surface area contributed by atoms with Gasteiger partial charge in [-0.15, -0.1) is 0 Å². The molecule has 0 atom stereocenters. The lowest BCUT2D eigenvalue weighted by Crippen LogP contribution is -2.24. The smallest absolute Gasteiger partial charge is 0.436 e. The van der Waals surface area contributed by atoms with Crippen LogP contribution in [0.5, 0.6) is 0 Å². The normalized spacial score (nSPS) is 14.8. The first kappa shape index (κ1) is 16.9. The number of hydrogen-bond donors (Lipinski definition) is 1. The van der Waals surface area contributed by atoms with Gasteiger partial charge in [-0.25, -0.2) is 0 Å². The minimum Gasteiger partial charge on any atom is -0.467 e. The van der Waals surface area contributed by atoms with Crippen molar-refractivity contribution in [2.45, 2.75) is 44.4 Å². The first-order chi connectivity index (χ1) is 11.4. The SMILES string of the molecule is O=C(CCn1nc(C(F)(F)F)c(Cl)c1C1CC1)NCc1ccco1. The maximum atomic E-state index is 13.0. The molecule has 0 saturated heterocycles. The van der Waals surface area contributed by atoms with Crippen molar-refractivity contribution in [3.63, 3.8) is 0 Å². The van der Waals surface area contributed by atoms with Gasteiger partial charge in [0.05, 0.1) is 30.1 Å². The number of halogens is 4. The van der Waals surface area contributed by atoms with Crippen LogP contribution in [0.1, 0.15) is 42.3 Å². The van der Waals surface area contributed by atoms with E-state index in [2.05, 4.69) is 10.4 Å². The molecule has 0 spiro atoms. The zero-order chi connectivity index (χ0) is 17.3. The van der Waals surface area contributed by atoms with E-state index in [1.54, 1.807) is 12.1 Å². The predicted octanol–water partition coefficient (Wildman–Crippen LogP) is 3.73. The van der Waals surface area contributed by atoms with Crippen LogP contribution < -0.4 is 5.32 Å². The maximum Gasteiger partial charge on any atom is 0.436 e. The van der Waals surface area contributed by atoms with E-state index < -0.39 is 11.9 Å². The topological polar surface area (TPSA) is 60.1 Å². The Labute approximate surface area is 140 Å². The highest BCUT2D eigenvalue weighted by Gasteiger charge is 2.41. The Hall–Kier alpha value is -1.96. The van der Waals surface area contributed by atoms with Gasteiger partial charge in [0.1, 0.15) is 5.76 Å². The van der Waals surface area contributed by atoms with Crippen LogP contribution in [0, 0.1) is 0 Å². The number of aromatic nitrogens is 2. The van der Waals surface area contributed by atoms with Crippen molar-refractivity contribution >= 4 is 17.5 Å². The van der Waals surface area contributed by atoms with Gasteiger partial charge in [-0.1, -0.05) is 11.6 Å². The van der Waals surface area contributed by atoms with E-state index in [-0.39, 0.29) is 36.4 Å². The second kappa shape index (κ2) is 6.51. The molecule has 0 radical (unpaired) electrons. The molecule has 1 aliphatic rings. The lowest BCUT2D eigenvalue weighted by molar-refractivity contribution is -0.141. The van der Waals surface area contributed by atoms with Gasteiger partial charge in [-0.3, -0.25) is 9.48 Å². The molecule has 5 nitrogen and oxygen atoms in total. The predicted molar refractivity (Wildman–Crippen MR) is 79.4 cm³/mol. The quantitative estimate of drug-likeness (QED) is 0.852. The Bertz CT molecular complexity index is 721. The van der Waals surface area contributed by atoms with Crippen LogP contribution in [0.4, 0.5) is 13.2 Å². The molecular weight excluding hydrogens is 347 g/mol. The second-order valence-corrected chi connectivity index (χ2v) is 6.03. The average molecular weight is 362 g/mol. The Balaban J connectivity index is 1.65. The van der Waals surface area contributed by atoms with Crippen molar-refractivity contribution in [2.75, 3.05) is 0 Å². The third-order valence-corrected chi connectivity index (χ3v) is 4.13. The highest BCUT2D eigenvalue weighted by molar-refractivity contribution is 6.32. The summed E-state index contributed by atoms with van der Waals surface area (Å²) in [4.78, 5) is 11.8. The van der Waals surface area contributed by atoms with Crippen LogP contribution in [-0.2, 0) is 24.1 Å². The fourth-order valence-corrected chi connectivity index (χ4v) is 2.84. The Kier molecular flexibility index (Phi) is 4.58. The van der Waals surface area contributed by atoms with Gasteiger partial charge in [0.15, 0.2) is 5.69 Å². The molecule has 1 aliphatic carbocycles. The lowest BCUT2D eigenvalue weighted by Gasteiger charge is -2.07. The van der Waals surface area contributed by atoms with Gasteiger partial charge >= 0.3 is 6.18 Å². The van der Waals surface area contributed by atoms with E-state index in [0.717, 1.165) is 12.8 Å². The summed E-state index contributed by atoms with van der Waals surface area (Å²) in [6.45, 7) is 0.278. The molecular formula is C15H15ClF3N3O2. The highest BCUT2D eigenvalue weighted by Crippen LogP contribution is 2.46. The van der Waals surface area contributed by atoms with Crippen LogP contribution in [-0.4, -0.2) is 15.7 Å². The summed E-state index contributed by atoms with van der Waals surface area (Å²) in [5.41, 5.74) is -0.704. The van der Waals surface area contributed by atoms with Gasteiger partial charge in [0.25, 0.3) is 0 Å². The summed E-state index contributed by atoms with van der Waals surface area (Å²) >= 11 is 5.88. The standard InChI is InChI=1S/C15H15ClF3N3O2/c16-12-13(9-3-4-9)22(21-14(12)15(17,18)19)6-5-11(23)20-8-10-2-1-7-24-10/h1-2,7,9H,3-6,8H2,(H,20,23). The number of carbonyl (C=O) groups is 1. The monoisotopic (exact) mass is 361 g/mol. The summed E-state index contributed by atoms with van der Waals surface area (Å²) in [5, 5.41) is 5.88. The van der Waals surface area contributed by atoms with Crippen LogP contribution >= 0.6 is 11.6 Å². The van der Waals surface area contributed by atoms with E-state index in [9.17, 15) is 18.0 Å². The molecule has 0 bridgehead atoms. The molecule has 9 heteroatoms. The zero-order valence-electron chi connectivity index (χ0n) is 12.6. The maximum absolute atomic E-state index is 13.0. The van der Waals surface area contributed by atoms with E-state index >= 15 is 0 Å². The number of amides is 1. The lowest BCUT2D eigenvalue weighted by atomic mass is 10.2. The summed E-state index contributed by atoms with van der Waals surface area (Å²) in [5.74, 6) is 0.295. The summed E-state index contributed by atoms with van der Waals surface area (Å²) < 4.78 is 45.2. The fourth-order valence-electron chi connectivity index (χ4n) is 2.45. The molecule has 130 valence electrons. The molecule has 2 aromatic rings. The van der Waals surface area contributed by atoms with Crippen molar-refractivity contribution in [3.05, 3.63) is 40.6 Å². The fraction of sp³-hybridized carbons (Fsp3) is 0.467. The minimum atomic E-state index is -4.60. The van der Waals surface area contributed by atoms with Crippen LogP contribution in [0.3, 0.4) is 0 Å². The summed E-state index contributed by atoms with van der Waals surface area (Å²) in [6.07, 6.45) is -1.53. The van der Waals surface area contributed by atoms with Crippen molar-refractivity contribution < 1.29 is 22.4 Å². The molecule has 0 aliphatic heterocycles. The largest absolute Gasteiger partial charge is 0.467 e. The number of nitrogens with one attached hydrogen (secondary N) is 1. The van der Waals surface area contributed by atoms with Crippen molar-refractivity contribution in [3.8, 4) is 0 Å². The molecule has 0 aromatic carbocycles. The number of hydrogen-bond acceptors (Lipinski definition) is 3. The van der Waals surface area contributed by atoms with Crippen LogP contribution in [0.25, 0.3) is 0 Å². The Morgan fingerprint density at radius 3 is 2.79 bits per heavy atom. The molecule has 3 rings (SSSR count). The van der Waals surface area contributed by atoms with E-state index in [1.165, 1.54) is 10.9 Å². The Morgan fingerprint density at radius 2 is 2.21 bits per heavy atom. The van der Waals surface area contributed by atoms with E-state index in [4.69, 9.17) is 16.0 Å². The highest BCUT2D eigenvalue weighted by atomic mass is 35.5. The number of nitrogens with zero attached hydrogens (tertiary/aromatic N) is 2. The number of alkyl halides is 3. The molecule has 1 N–H and O–H groups in total. The molecule has 0 unspecified atom stereocenters. The number of carbonyl (C=O) groups excluding carboxylic acids is 1. The van der Waals surface area contributed by atoms with Gasteiger partial charge in [0.2, 0.25) is 5.91 Å². The van der Waals surface area contributed by atoms with Gasteiger partial charge in [-0.2, -0.15) is 18.3 Å². The number of aryl methyl sites for hydroxylation is 1. The van der Waals surface area contributed by atoms with E-state index in [1.807, 2.05) is 0 Å². The first-order valence-electron chi connectivity index (χ1n) is 7.48.